The molecule has 1 rings (SSSR count). The molecule has 104 valence electrons. The first kappa shape index (κ1) is 15.0. The normalized spacial score (nSPS) is 9.95. The SMILES string of the molecule is Cc1cccc(OCCCCC(=O)NCC(=O)O)c1. The first-order valence-electron chi connectivity index (χ1n) is 6.26. The van der Waals surface area contributed by atoms with E-state index in [0.29, 0.717) is 19.4 Å². The first-order chi connectivity index (χ1) is 9.08. The minimum Gasteiger partial charge on any atom is -0.494 e. The standard InChI is InChI=1S/C14H19NO4/c1-11-5-4-6-12(9-11)19-8-3-2-7-13(16)15-10-14(17)18/h4-6,9H,2-3,7-8,10H2,1H3,(H,15,16)(H,17,18). The van der Waals surface area contributed by atoms with Crippen molar-refractivity contribution < 1.29 is 19.4 Å². The predicted octanol–water partition coefficient (Wildman–Crippen LogP) is 1.74. The van der Waals surface area contributed by atoms with Crippen molar-refractivity contribution in [1.82, 2.24) is 5.32 Å². The number of aryl methyl sites for hydroxylation is 1. The van der Waals surface area contributed by atoms with Gasteiger partial charge in [-0.25, -0.2) is 0 Å². The Bertz CT molecular complexity index is 431. The fourth-order valence-corrected chi connectivity index (χ4v) is 1.55. The Balaban J connectivity index is 2.08. The van der Waals surface area contributed by atoms with E-state index < -0.39 is 5.97 Å². The highest BCUT2D eigenvalue weighted by Crippen LogP contribution is 2.12. The quantitative estimate of drug-likeness (QED) is 0.702. The Labute approximate surface area is 112 Å². The largest absolute Gasteiger partial charge is 0.494 e. The molecule has 5 heteroatoms. The van der Waals surface area contributed by atoms with Crippen LogP contribution in [0.15, 0.2) is 24.3 Å². The Hall–Kier alpha value is -2.04. The fraction of sp³-hybridized carbons (Fsp3) is 0.429. The topological polar surface area (TPSA) is 75.6 Å². The molecule has 1 amide bonds. The highest BCUT2D eigenvalue weighted by Gasteiger charge is 2.03. The lowest BCUT2D eigenvalue weighted by molar-refractivity contribution is -0.137. The molecule has 1 aromatic rings. The van der Waals surface area contributed by atoms with Crippen LogP contribution in [0.2, 0.25) is 0 Å². The average molecular weight is 265 g/mol. The van der Waals surface area contributed by atoms with Gasteiger partial charge < -0.3 is 15.2 Å². The molecule has 0 fully saturated rings. The van der Waals surface area contributed by atoms with E-state index in [1.54, 1.807) is 0 Å². The first-order valence-corrected chi connectivity index (χ1v) is 6.26. The molecular formula is C14H19NO4. The number of hydrogen-bond acceptors (Lipinski definition) is 3. The number of rotatable bonds is 8. The molecule has 0 spiro atoms. The summed E-state index contributed by atoms with van der Waals surface area (Å²) in [5.41, 5.74) is 1.14. The summed E-state index contributed by atoms with van der Waals surface area (Å²) in [5, 5.41) is 10.7. The van der Waals surface area contributed by atoms with Gasteiger partial charge in [0.05, 0.1) is 6.61 Å². The number of unbranched alkanes of at least 4 members (excludes halogenated alkanes) is 1. The van der Waals surface area contributed by atoms with Crippen LogP contribution in [-0.2, 0) is 9.59 Å². The van der Waals surface area contributed by atoms with Crippen molar-refractivity contribution in [3.8, 4) is 5.75 Å². The van der Waals surface area contributed by atoms with Gasteiger partial charge in [0.1, 0.15) is 12.3 Å². The molecule has 0 saturated carbocycles. The molecule has 19 heavy (non-hydrogen) atoms. The molecule has 2 N–H and O–H groups in total. The Morgan fingerprint density at radius 1 is 1.32 bits per heavy atom. The summed E-state index contributed by atoms with van der Waals surface area (Å²) in [6.45, 7) is 2.23. The number of benzene rings is 1. The number of amides is 1. The number of carbonyl (C=O) groups is 2. The van der Waals surface area contributed by atoms with Gasteiger partial charge in [-0.05, 0) is 37.5 Å². The summed E-state index contributed by atoms with van der Waals surface area (Å²) < 4.78 is 5.54. The summed E-state index contributed by atoms with van der Waals surface area (Å²) in [6, 6.07) is 7.79. The van der Waals surface area contributed by atoms with Gasteiger partial charge in [-0.3, -0.25) is 9.59 Å². The third-order valence-electron chi connectivity index (χ3n) is 2.49. The molecule has 0 atom stereocenters. The number of ether oxygens (including phenoxy) is 1. The van der Waals surface area contributed by atoms with Gasteiger partial charge in [0.2, 0.25) is 5.91 Å². The zero-order chi connectivity index (χ0) is 14.1. The molecular weight excluding hydrogens is 246 g/mol. The lowest BCUT2D eigenvalue weighted by atomic mass is 10.2. The minimum absolute atomic E-state index is 0.238. The maximum absolute atomic E-state index is 11.2. The summed E-state index contributed by atoms with van der Waals surface area (Å²) in [7, 11) is 0. The Morgan fingerprint density at radius 2 is 2.11 bits per heavy atom. The fourth-order valence-electron chi connectivity index (χ4n) is 1.55. The smallest absolute Gasteiger partial charge is 0.322 e. The molecule has 0 aliphatic heterocycles. The highest BCUT2D eigenvalue weighted by atomic mass is 16.5. The van der Waals surface area contributed by atoms with Crippen LogP contribution in [0.5, 0.6) is 5.75 Å². The van der Waals surface area contributed by atoms with E-state index in [1.165, 1.54) is 0 Å². The molecule has 0 unspecified atom stereocenters. The van der Waals surface area contributed by atoms with Crippen LogP contribution in [0.4, 0.5) is 0 Å². The molecule has 0 saturated heterocycles. The van der Waals surface area contributed by atoms with Crippen molar-refractivity contribution in [2.24, 2.45) is 0 Å². The molecule has 5 nitrogen and oxygen atoms in total. The molecule has 1 aromatic carbocycles. The van der Waals surface area contributed by atoms with Gasteiger partial charge in [0.15, 0.2) is 0 Å². The number of carboxylic acids is 1. The second-order valence-electron chi connectivity index (χ2n) is 4.29. The van der Waals surface area contributed by atoms with E-state index in [-0.39, 0.29) is 12.5 Å². The van der Waals surface area contributed by atoms with Gasteiger partial charge in [0, 0.05) is 6.42 Å². The van der Waals surface area contributed by atoms with Crippen molar-refractivity contribution in [2.45, 2.75) is 26.2 Å². The van der Waals surface area contributed by atoms with Crippen LogP contribution >= 0.6 is 0 Å². The predicted molar refractivity (Wildman–Crippen MR) is 71.2 cm³/mol. The highest BCUT2D eigenvalue weighted by molar-refractivity contribution is 5.80. The van der Waals surface area contributed by atoms with E-state index in [1.807, 2.05) is 31.2 Å². The number of carbonyl (C=O) groups excluding carboxylic acids is 1. The second-order valence-corrected chi connectivity index (χ2v) is 4.29. The molecule has 0 heterocycles. The van der Waals surface area contributed by atoms with Gasteiger partial charge >= 0.3 is 5.97 Å². The van der Waals surface area contributed by atoms with Crippen LogP contribution in [0, 0.1) is 6.92 Å². The third kappa shape index (κ3) is 7.08. The van der Waals surface area contributed by atoms with Crippen LogP contribution in [0.3, 0.4) is 0 Å². The van der Waals surface area contributed by atoms with E-state index in [4.69, 9.17) is 9.84 Å². The van der Waals surface area contributed by atoms with Gasteiger partial charge in [0.25, 0.3) is 0 Å². The van der Waals surface area contributed by atoms with E-state index in [9.17, 15) is 9.59 Å². The summed E-state index contributed by atoms with van der Waals surface area (Å²) in [5.74, 6) is -0.440. The lowest BCUT2D eigenvalue weighted by Crippen LogP contribution is -2.28. The number of aliphatic carboxylic acids is 1. The molecule has 0 aliphatic carbocycles. The van der Waals surface area contributed by atoms with Crippen molar-refractivity contribution >= 4 is 11.9 Å². The maximum Gasteiger partial charge on any atom is 0.322 e. The van der Waals surface area contributed by atoms with Crippen LogP contribution in [0.25, 0.3) is 0 Å². The van der Waals surface area contributed by atoms with Crippen LogP contribution < -0.4 is 10.1 Å². The van der Waals surface area contributed by atoms with Crippen molar-refractivity contribution in [3.05, 3.63) is 29.8 Å². The molecule has 0 radical (unpaired) electrons. The monoisotopic (exact) mass is 265 g/mol. The number of carboxylic acid groups (broad SMARTS) is 1. The summed E-state index contributed by atoms with van der Waals surface area (Å²) in [6.07, 6.45) is 1.76. The van der Waals surface area contributed by atoms with E-state index in [0.717, 1.165) is 17.7 Å². The number of nitrogens with one attached hydrogen (secondary N) is 1. The van der Waals surface area contributed by atoms with E-state index in [2.05, 4.69) is 5.32 Å². The maximum atomic E-state index is 11.2. The zero-order valence-electron chi connectivity index (χ0n) is 11.0. The summed E-state index contributed by atoms with van der Waals surface area (Å²) in [4.78, 5) is 21.4. The zero-order valence-corrected chi connectivity index (χ0v) is 11.0. The summed E-state index contributed by atoms with van der Waals surface area (Å²) >= 11 is 0. The third-order valence-corrected chi connectivity index (χ3v) is 2.49. The van der Waals surface area contributed by atoms with Crippen molar-refractivity contribution in [2.75, 3.05) is 13.2 Å². The Morgan fingerprint density at radius 3 is 2.79 bits per heavy atom. The molecule has 0 aromatic heterocycles. The van der Waals surface area contributed by atoms with Crippen molar-refractivity contribution in [1.29, 1.82) is 0 Å². The van der Waals surface area contributed by atoms with E-state index >= 15 is 0 Å². The molecule has 0 bridgehead atoms. The van der Waals surface area contributed by atoms with Gasteiger partial charge in [-0.15, -0.1) is 0 Å². The molecule has 0 aliphatic rings. The van der Waals surface area contributed by atoms with Crippen molar-refractivity contribution in [3.63, 3.8) is 0 Å². The van der Waals surface area contributed by atoms with Crippen LogP contribution in [0.1, 0.15) is 24.8 Å². The lowest BCUT2D eigenvalue weighted by Gasteiger charge is -2.06. The van der Waals surface area contributed by atoms with Gasteiger partial charge in [-0.1, -0.05) is 12.1 Å². The minimum atomic E-state index is -1.03. The number of hydrogen-bond donors (Lipinski definition) is 2. The van der Waals surface area contributed by atoms with Crippen LogP contribution in [-0.4, -0.2) is 30.1 Å². The average Bonchev–Trinajstić information content (AvgIpc) is 2.36. The Kier molecular flexibility index (Phi) is 6.43. The van der Waals surface area contributed by atoms with Gasteiger partial charge in [-0.2, -0.15) is 0 Å². The second kappa shape index (κ2) is 8.13.